The highest BCUT2D eigenvalue weighted by atomic mass is 15.1. The molecular weight excluding hydrogens is 374 g/mol. The van der Waals surface area contributed by atoms with Crippen LogP contribution in [0.25, 0.3) is 0 Å². The zero-order valence-corrected chi connectivity index (χ0v) is 18.1. The Balaban J connectivity index is 1.58. The van der Waals surface area contributed by atoms with Crippen LogP contribution in [-0.4, -0.2) is 18.0 Å². The molecule has 4 aromatic carbocycles. The van der Waals surface area contributed by atoms with E-state index in [0.717, 1.165) is 32.4 Å². The normalized spacial score (nSPS) is 12.0. The van der Waals surface area contributed by atoms with E-state index in [0.29, 0.717) is 6.04 Å². The molecule has 0 aliphatic rings. The van der Waals surface area contributed by atoms with Crippen molar-refractivity contribution in [1.82, 2.24) is 4.90 Å². The van der Waals surface area contributed by atoms with Crippen LogP contribution in [0.15, 0.2) is 121 Å². The summed E-state index contributed by atoms with van der Waals surface area (Å²) in [7, 11) is 0. The second kappa shape index (κ2) is 11.3. The fourth-order valence-corrected chi connectivity index (χ4v) is 4.23. The molecule has 0 radical (unpaired) electrons. The molecule has 0 aromatic heterocycles. The molecule has 0 N–H and O–H groups in total. The van der Waals surface area contributed by atoms with Gasteiger partial charge in [0.2, 0.25) is 0 Å². The minimum absolute atomic E-state index is 0.357. The summed E-state index contributed by atoms with van der Waals surface area (Å²) in [5.41, 5.74) is 5.59. The van der Waals surface area contributed by atoms with Gasteiger partial charge in [-0.3, -0.25) is 4.90 Å². The van der Waals surface area contributed by atoms with Crippen molar-refractivity contribution in [2.45, 2.75) is 25.3 Å². The number of hydrogen-bond acceptors (Lipinski definition) is 1. The van der Waals surface area contributed by atoms with Gasteiger partial charge >= 0.3 is 0 Å². The average molecular weight is 406 g/mol. The van der Waals surface area contributed by atoms with E-state index in [-0.39, 0.29) is 0 Å². The van der Waals surface area contributed by atoms with Crippen molar-refractivity contribution in [3.05, 3.63) is 144 Å². The number of rotatable bonds is 10. The van der Waals surface area contributed by atoms with E-state index < -0.39 is 0 Å². The standard InChI is InChI=1S/C30H31N/c1-5-13-26(14-6-1)21-23-31(24-22-27-15-7-2-8-16-27)30(29-19-11-4-12-20-29)25-28-17-9-3-10-18-28/h1-20,30H,21-25H2. The van der Waals surface area contributed by atoms with Crippen LogP contribution in [-0.2, 0) is 19.3 Å². The van der Waals surface area contributed by atoms with Crippen LogP contribution in [0.5, 0.6) is 0 Å². The average Bonchev–Trinajstić information content (AvgIpc) is 2.85. The van der Waals surface area contributed by atoms with Crippen molar-refractivity contribution in [2.75, 3.05) is 13.1 Å². The van der Waals surface area contributed by atoms with Gasteiger partial charge in [0.25, 0.3) is 0 Å². The van der Waals surface area contributed by atoms with Crippen molar-refractivity contribution in [3.63, 3.8) is 0 Å². The van der Waals surface area contributed by atoms with Crippen LogP contribution in [0.1, 0.15) is 28.3 Å². The molecule has 4 aromatic rings. The predicted octanol–water partition coefficient (Wildman–Crippen LogP) is 6.76. The Morgan fingerprint density at radius 1 is 0.452 bits per heavy atom. The number of nitrogens with zero attached hydrogens (tertiary/aromatic N) is 1. The Hall–Kier alpha value is -3.16. The molecule has 0 saturated carbocycles. The smallest absolute Gasteiger partial charge is 0.0388 e. The minimum Gasteiger partial charge on any atom is -0.295 e. The summed E-state index contributed by atoms with van der Waals surface area (Å²) in [5.74, 6) is 0. The maximum absolute atomic E-state index is 2.68. The molecule has 0 saturated heterocycles. The van der Waals surface area contributed by atoms with Gasteiger partial charge in [-0.2, -0.15) is 0 Å². The summed E-state index contributed by atoms with van der Waals surface area (Å²) in [5, 5.41) is 0. The molecule has 1 unspecified atom stereocenters. The largest absolute Gasteiger partial charge is 0.295 e. The molecular formula is C30H31N. The van der Waals surface area contributed by atoms with Gasteiger partial charge in [-0.15, -0.1) is 0 Å². The van der Waals surface area contributed by atoms with E-state index in [1.165, 1.54) is 22.3 Å². The lowest BCUT2D eigenvalue weighted by Crippen LogP contribution is -2.34. The maximum Gasteiger partial charge on any atom is 0.0388 e. The first-order valence-corrected chi connectivity index (χ1v) is 11.3. The van der Waals surface area contributed by atoms with Crippen molar-refractivity contribution >= 4 is 0 Å². The number of benzene rings is 4. The molecule has 0 bridgehead atoms. The topological polar surface area (TPSA) is 3.24 Å². The van der Waals surface area contributed by atoms with Gasteiger partial charge in [-0.05, 0) is 41.5 Å². The van der Waals surface area contributed by atoms with E-state index in [2.05, 4.69) is 126 Å². The summed E-state index contributed by atoms with van der Waals surface area (Å²) in [6, 6.07) is 44.0. The molecule has 1 nitrogen and oxygen atoms in total. The summed E-state index contributed by atoms with van der Waals surface area (Å²) in [4.78, 5) is 2.68. The van der Waals surface area contributed by atoms with Crippen LogP contribution >= 0.6 is 0 Å². The first kappa shape index (κ1) is 21.1. The van der Waals surface area contributed by atoms with Crippen LogP contribution in [0.2, 0.25) is 0 Å². The van der Waals surface area contributed by atoms with E-state index in [9.17, 15) is 0 Å². The molecule has 0 aliphatic carbocycles. The van der Waals surface area contributed by atoms with Gasteiger partial charge in [0.1, 0.15) is 0 Å². The summed E-state index contributed by atoms with van der Waals surface area (Å²) in [6.07, 6.45) is 3.15. The molecule has 0 fully saturated rings. The van der Waals surface area contributed by atoms with E-state index >= 15 is 0 Å². The van der Waals surface area contributed by atoms with Crippen molar-refractivity contribution < 1.29 is 0 Å². The Kier molecular flexibility index (Phi) is 7.68. The predicted molar refractivity (Wildman–Crippen MR) is 131 cm³/mol. The molecule has 1 atom stereocenters. The Bertz CT molecular complexity index is 954. The Morgan fingerprint density at radius 3 is 1.29 bits per heavy atom. The molecule has 0 heterocycles. The lowest BCUT2D eigenvalue weighted by atomic mass is 9.96. The summed E-state index contributed by atoms with van der Waals surface area (Å²) >= 11 is 0. The van der Waals surface area contributed by atoms with E-state index in [1.54, 1.807) is 0 Å². The third-order valence-electron chi connectivity index (χ3n) is 5.96. The monoisotopic (exact) mass is 405 g/mol. The highest BCUT2D eigenvalue weighted by molar-refractivity contribution is 5.25. The van der Waals surface area contributed by atoms with Gasteiger partial charge in [0, 0.05) is 19.1 Å². The SMILES string of the molecule is c1ccc(CCN(CCc2ccccc2)C(Cc2ccccc2)c2ccccc2)cc1. The zero-order valence-electron chi connectivity index (χ0n) is 18.1. The van der Waals surface area contributed by atoms with Gasteiger partial charge in [-0.25, -0.2) is 0 Å². The Morgan fingerprint density at radius 2 is 0.839 bits per heavy atom. The van der Waals surface area contributed by atoms with Gasteiger partial charge < -0.3 is 0 Å². The molecule has 0 aliphatic heterocycles. The molecule has 1 heteroatoms. The first-order valence-electron chi connectivity index (χ1n) is 11.3. The maximum atomic E-state index is 2.68. The number of hydrogen-bond donors (Lipinski definition) is 0. The van der Waals surface area contributed by atoms with Crippen LogP contribution < -0.4 is 0 Å². The third-order valence-corrected chi connectivity index (χ3v) is 5.96. The van der Waals surface area contributed by atoms with Crippen LogP contribution in [0.4, 0.5) is 0 Å². The molecule has 31 heavy (non-hydrogen) atoms. The van der Waals surface area contributed by atoms with Gasteiger partial charge in [0.15, 0.2) is 0 Å². The van der Waals surface area contributed by atoms with Crippen LogP contribution in [0.3, 0.4) is 0 Å². The molecule has 156 valence electrons. The zero-order chi connectivity index (χ0) is 21.1. The third kappa shape index (κ3) is 6.41. The quantitative estimate of drug-likeness (QED) is 0.282. The highest BCUT2D eigenvalue weighted by Crippen LogP contribution is 2.26. The summed E-state index contributed by atoms with van der Waals surface area (Å²) < 4.78 is 0. The van der Waals surface area contributed by atoms with Crippen molar-refractivity contribution in [2.24, 2.45) is 0 Å². The first-order chi connectivity index (χ1) is 15.4. The van der Waals surface area contributed by atoms with Crippen molar-refractivity contribution in [3.8, 4) is 0 Å². The molecule has 0 amide bonds. The minimum atomic E-state index is 0.357. The lowest BCUT2D eigenvalue weighted by Gasteiger charge is -2.33. The second-order valence-corrected chi connectivity index (χ2v) is 8.12. The lowest BCUT2D eigenvalue weighted by molar-refractivity contribution is 0.200. The van der Waals surface area contributed by atoms with E-state index in [4.69, 9.17) is 0 Å². The van der Waals surface area contributed by atoms with Crippen molar-refractivity contribution in [1.29, 1.82) is 0 Å². The van der Waals surface area contributed by atoms with Gasteiger partial charge in [0.05, 0.1) is 0 Å². The highest BCUT2D eigenvalue weighted by Gasteiger charge is 2.21. The van der Waals surface area contributed by atoms with E-state index in [1.807, 2.05) is 0 Å². The Labute approximate surface area is 187 Å². The second-order valence-electron chi connectivity index (χ2n) is 8.12. The fraction of sp³-hybridized carbons (Fsp3) is 0.200. The van der Waals surface area contributed by atoms with Crippen LogP contribution in [0, 0.1) is 0 Å². The molecule has 0 spiro atoms. The fourth-order valence-electron chi connectivity index (χ4n) is 4.23. The van der Waals surface area contributed by atoms with Gasteiger partial charge in [-0.1, -0.05) is 121 Å². The molecule has 4 rings (SSSR count). The summed E-state index contributed by atoms with van der Waals surface area (Å²) in [6.45, 7) is 2.09.